The zero-order valence-corrected chi connectivity index (χ0v) is 8.72. The Kier molecular flexibility index (Phi) is 5.93. The Morgan fingerprint density at radius 1 is 1.79 bits per heavy atom. The molecule has 0 radical (unpaired) electrons. The average Bonchev–Trinajstić information content (AvgIpc) is 2.18. The smallest absolute Gasteiger partial charge is 0.246 e. The number of carbonyl (C=O) groups is 1. The molecular weight excluding hydrogens is 202 g/mol. The molecule has 1 atom stereocenters. The predicted molar refractivity (Wildman–Crippen MR) is 56.0 cm³/mol. The molecule has 0 saturated carbocycles. The third-order valence-corrected chi connectivity index (χ3v) is 2.13. The highest BCUT2D eigenvalue weighted by Gasteiger charge is 2.24. The van der Waals surface area contributed by atoms with Crippen molar-refractivity contribution in [2.75, 3.05) is 19.6 Å². The lowest BCUT2D eigenvalue weighted by molar-refractivity contribution is -0.128. The summed E-state index contributed by atoms with van der Waals surface area (Å²) in [4.78, 5) is 13.0. The van der Waals surface area contributed by atoms with Crippen molar-refractivity contribution >= 4 is 18.3 Å². The molecule has 0 spiro atoms. The van der Waals surface area contributed by atoms with Crippen molar-refractivity contribution < 1.29 is 4.79 Å². The summed E-state index contributed by atoms with van der Waals surface area (Å²) in [7, 11) is 0. The number of piperazine rings is 1. The van der Waals surface area contributed by atoms with Crippen molar-refractivity contribution in [2.24, 2.45) is 0 Å². The fraction of sp³-hybridized carbons (Fsp3) is 0.556. The monoisotopic (exact) mass is 215 g/mol. The van der Waals surface area contributed by atoms with E-state index in [1.54, 1.807) is 4.90 Å². The van der Waals surface area contributed by atoms with Crippen molar-refractivity contribution in [2.45, 2.75) is 12.5 Å². The first-order chi connectivity index (χ1) is 6.29. The standard InChI is InChI=1S/C9H13N3O.ClH/c1-2-9(13)12-6-5-11-7-8(12)3-4-10;/h2,8,11H,1,3,5-7H2;1H. The summed E-state index contributed by atoms with van der Waals surface area (Å²) in [5, 5.41) is 11.7. The van der Waals surface area contributed by atoms with E-state index in [2.05, 4.69) is 18.0 Å². The normalized spacial score (nSPS) is 20.5. The minimum atomic E-state index is -0.0817. The Hall–Kier alpha value is -1.05. The van der Waals surface area contributed by atoms with Crippen LogP contribution in [0.3, 0.4) is 0 Å². The number of hydrogen-bond acceptors (Lipinski definition) is 3. The first kappa shape index (κ1) is 12.9. The van der Waals surface area contributed by atoms with Crippen LogP contribution >= 0.6 is 12.4 Å². The zero-order valence-electron chi connectivity index (χ0n) is 7.90. The molecule has 4 nitrogen and oxygen atoms in total. The molecule has 1 aliphatic rings. The van der Waals surface area contributed by atoms with Crippen molar-refractivity contribution in [3.8, 4) is 6.07 Å². The number of rotatable bonds is 2. The molecule has 78 valence electrons. The molecule has 1 aliphatic heterocycles. The van der Waals surface area contributed by atoms with Gasteiger partial charge >= 0.3 is 0 Å². The molecular formula is C9H14ClN3O. The van der Waals surface area contributed by atoms with Crippen LogP contribution in [-0.4, -0.2) is 36.5 Å². The second kappa shape index (κ2) is 6.41. The van der Waals surface area contributed by atoms with Gasteiger partial charge in [-0.25, -0.2) is 0 Å². The van der Waals surface area contributed by atoms with Gasteiger partial charge in [0, 0.05) is 19.6 Å². The predicted octanol–water partition coefficient (Wildman–Crippen LogP) is 0.308. The van der Waals surface area contributed by atoms with Crippen LogP contribution in [0.15, 0.2) is 12.7 Å². The third kappa shape index (κ3) is 3.02. The minimum absolute atomic E-state index is 0. The molecule has 1 amide bonds. The van der Waals surface area contributed by atoms with Gasteiger partial charge in [-0.3, -0.25) is 4.79 Å². The van der Waals surface area contributed by atoms with Gasteiger partial charge in [0.25, 0.3) is 0 Å². The second-order valence-corrected chi connectivity index (χ2v) is 2.96. The van der Waals surface area contributed by atoms with E-state index < -0.39 is 0 Å². The molecule has 14 heavy (non-hydrogen) atoms. The number of hydrogen-bond donors (Lipinski definition) is 1. The number of carbonyl (C=O) groups excluding carboxylic acids is 1. The van der Waals surface area contributed by atoms with Gasteiger partial charge in [-0.15, -0.1) is 12.4 Å². The molecule has 1 saturated heterocycles. The largest absolute Gasteiger partial charge is 0.333 e. The van der Waals surface area contributed by atoms with Crippen LogP contribution in [-0.2, 0) is 4.79 Å². The highest BCUT2D eigenvalue weighted by molar-refractivity contribution is 5.87. The van der Waals surface area contributed by atoms with Crippen molar-refractivity contribution in [1.82, 2.24) is 10.2 Å². The molecule has 0 bridgehead atoms. The van der Waals surface area contributed by atoms with Crippen molar-refractivity contribution in [3.05, 3.63) is 12.7 Å². The topological polar surface area (TPSA) is 56.1 Å². The SMILES string of the molecule is C=CC(=O)N1CCNCC1CC#N.Cl. The minimum Gasteiger partial charge on any atom is -0.333 e. The summed E-state index contributed by atoms with van der Waals surface area (Å²) in [6, 6.07) is 2.08. The van der Waals surface area contributed by atoms with Gasteiger partial charge in [-0.1, -0.05) is 6.58 Å². The molecule has 1 unspecified atom stereocenters. The molecule has 0 aromatic heterocycles. The highest BCUT2D eigenvalue weighted by Crippen LogP contribution is 2.07. The first-order valence-electron chi connectivity index (χ1n) is 4.30. The highest BCUT2D eigenvalue weighted by atomic mass is 35.5. The van der Waals surface area contributed by atoms with Crippen LogP contribution in [0, 0.1) is 11.3 Å². The van der Waals surface area contributed by atoms with E-state index in [9.17, 15) is 4.79 Å². The Morgan fingerprint density at radius 3 is 3.07 bits per heavy atom. The maximum Gasteiger partial charge on any atom is 0.246 e. The van der Waals surface area contributed by atoms with Crippen molar-refractivity contribution in [1.29, 1.82) is 5.26 Å². The lowest BCUT2D eigenvalue weighted by Gasteiger charge is -2.34. The molecule has 1 rings (SSSR count). The van der Waals surface area contributed by atoms with Gasteiger partial charge in [0.15, 0.2) is 0 Å². The quantitative estimate of drug-likeness (QED) is 0.675. The summed E-state index contributed by atoms with van der Waals surface area (Å²) in [5.74, 6) is -0.0817. The number of nitrogens with one attached hydrogen (secondary N) is 1. The van der Waals surface area contributed by atoms with Crippen LogP contribution in [0.4, 0.5) is 0 Å². The Morgan fingerprint density at radius 2 is 2.50 bits per heavy atom. The fourth-order valence-corrected chi connectivity index (χ4v) is 1.46. The maximum absolute atomic E-state index is 11.3. The molecule has 1 N–H and O–H groups in total. The number of amides is 1. The molecule has 1 heterocycles. The Bertz CT molecular complexity index is 249. The molecule has 0 aliphatic carbocycles. The van der Waals surface area contributed by atoms with E-state index in [4.69, 9.17) is 5.26 Å². The average molecular weight is 216 g/mol. The fourth-order valence-electron chi connectivity index (χ4n) is 1.46. The maximum atomic E-state index is 11.3. The summed E-state index contributed by atoms with van der Waals surface area (Å²) >= 11 is 0. The van der Waals surface area contributed by atoms with Crippen LogP contribution < -0.4 is 5.32 Å². The Labute approximate surface area is 90.0 Å². The molecule has 1 fully saturated rings. The van der Waals surface area contributed by atoms with E-state index in [0.717, 1.165) is 6.54 Å². The van der Waals surface area contributed by atoms with Gasteiger partial charge in [0.1, 0.15) is 0 Å². The number of nitrogens with zero attached hydrogens (tertiary/aromatic N) is 2. The number of halogens is 1. The van der Waals surface area contributed by atoms with Gasteiger partial charge < -0.3 is 10.2 Å². The van der Waals surface area contributed by atoms with E-state index in [1.807, 2.05) is 0 Å². The summed E-state index contributed by atoms with van der Waals surface area (Å²) < 4.78 is 0. The van der Waals surface area contributed by atoms with E-state index in [1.165, 1.54) is 6.08 Å². The van der Waals surface area contributed by atoms with E-state index in [-0.39, 0.29) is 24.4 Å². The third-order valence-electron chi connectivity index (χ3n) is 2.13. The van der Waals surface area contributed by atoms with Crippen LogP contribution in [0.1, 0.15) is 6.42 Å². The number of nitriles is 1. The van der Waals surface area contributed by atoms with Crippen LogP contribution in [0.5, 0.6) is 0 Å². The van der Waals surface area contributed by atoms with E-state index >= 15 is 0 Å². The first-order valence-corrected chi connectivity index (χ1v) is 4.30. The van der Waals surface area contributed by atoms with Gasteiger partial charge in [-0.05, 0) is 6.08 Å². The van der Waals surface area contributed by atoms with Gasteiger partial charge in [-0.2, -0.15) is 5.26 Å². The van der Waals surface area contributed by atoms with Gasteiger partial charge in [0.05, 0.1) is 18.5 Å². The van der Waals surface area contributed by atoms with Crippen LogP contribution in [0.2, 0.25) is 0 Å². The van der Waals surface area contributed by atoms with Crippen molar-refractivity contribution in [3.63, 3.8) is 0 Å². The van der Waals surface area contributed by atoms with E-state index in [0.29, 0.717) is 19.5 Å². The van der Waals surface area contributed by atoms with Gasteiger partial charge in [0.2, 0.25) is 5.91 Å². The summed E-state index contributed by atoms with van der Waals surface area (Å²) in [5.41, 5.74) is 0. The molecule has 0 aromatic carbocycles. The van der Waals surface area contributed by atoms with Crippen LogP contribution in [0.25, 0.3) is 0 Å². The molecule has 5 heteroatoms. The summed E-state index contributed by atoms with van der Waals surface area (Å²) in [6.45, 7) is 5.59. The summed E-state index contributed by atoms with van der Waals surface area (Å²) in [6.07, 6.45) is 1.68. The lowest BCUT2D eigenvalue weighted by atomic mass is 10.1. The zero-order chi connectivity index (χ0) is 9.68. The molecule has 0 aromatic rings. The second-order valence-electron chi connectivity index (χ2n) is 2.96. The Balaban J connectivity index is 0.00000169. The lowest BCUT2D eigenvalue weighted by Crippen LogP contribution is -2.53.